The minimum Gasteiger partial charge on any atom is -0.281 e. The molecule has 0 unspecified atom stereocenters. The molecular weight excluding hydrogens is 76.1 g/mol. The molecule has 1 radical (unpaired) electrons. The first-order chi connectivity index (χ1) is 3.00. The van der Waals surface area contributed by atoms with Crippen LogP contribution in [0.4, 0.5) is 0 Å². The van der Waals surface area contributed by atoms with Crippen LogP contribution in [0.5, 0.6) is 0 Å². The van der Waals surface area contributed by atoms with E-state index in [4.69, 9.17) is 0 Å². The monoisotopic (exact) mass is 83.1 g/mol. The molecule has 0 fully saturated rings. The van der Waals surface area contributed by atoms with Gasteiger partial charge < -0.3 is 0 Å². The van der Waals surface area contributed by atoms with Gasteiger partial charge in [-0.2, -0.15) is 0 Å². The van der Waals surface area contributed by atoms with Crippen LogP contribution < -0.4 is 5.32 Å². The second-order valence-electron chi connectivity index (χ2n) is 1.24. The van der Waals surface area contributed by atoms with E-state index in [-0.39, 0.29) is 0 Å². The first-order valence-electron chi connectivity index (χ1n) is 2.12. The summed E-state index contributed by atoms with van der Waals surface area (Å²) in [5.74, 6) is 0. The van der Waals surface area contributed by atoms with Crippen molar-refractivity contribution in [3.63, 3.8) is 0 Å². The summed E-state index contributed by atoms with van der Waals surface area (Å²) in [6.07, 6.45) is 2.97. The van der Waals surface area contributed by atoms with Gasteiger partial charge in [0.15, 0.2) is 0 Å². The number of nitrogens with zero attached hydrogens (tertiary/aromatic N) is 2. The number of hydrogen-bond acceptors (Lipinski definition) is 1. The van der Waals surface area contributed by atoms with Crippen molar-refractivity contribution in [3.8, 4) is 0 Å². The summed E-state index contributed by atoms with van der Waals surface area (Å²) < 4.78 is 0. The first kappa shape index (κ1) is 3.81. The van der Waals surface area contributed by atoms with Gasteiger partial charge in [-0.05, 0) is 6.42 Å². The lowest BCUT2D eigenvalue weighted by Gasteiger charge is -1.98. The smallest absolute Gasteiger partial charge is 0.104 e. The minimum absolute atomic E-state index is 0.694. The molecule has 1 rings (SSSR count). The summed E-state index contributed by atoms with van der Waals surface area (Å²) >= 11 is 0. The molecule has 0 spiro atoms. The normalized spacial score (nSPS) is 21.3. The highest BCUT2D eigenvalue weighted by Crippen LogP contribution is 1.79. The van der Waals surface area contributed by atoms with E-state index < -0.39 is 0 Å². The van der Waals surface area contributed by atoms with Crippen molar-refractivity contribution >= 4 is 6.21 Å². The Balaban J connectivity index is 2.26. The third-order valence-corrected chi connectivity index (χ3v) is 0.727. The largest absolute Gasteiger partial charge is 0.281 e. The third-order valence-electron chi connectivity index (χ3n) is 0.727. The topological polar surface area (TPSA) is 26.5 Å². The fourth-order valence-electron chi connectivity index (χ4n) is 0.426. The van der Waals surface area contributed by atoms with Crippen LogP contribution in [0.25, 0.3) is 0 Å². The van der Waals surface area contributed by atoms with Crippen LogP contribution in [0.3, 0.4) is 0 Å². The molecule has 1 aliphatic heterocycles. The third kappa shape index (κ3) is 0.792. The molecule has 0 N–H and O–H groups in total. The van der Waals surface area contributed by atoms with Crippen LogP contribution in [0.2, 0.25) is 0 Å². The highest BCUT2D eigenvalue weighted by atomic mass is 15.0. The van der Waals surface area contributed by atoms with Gasteiger partial charge >= 0.3 is 0 Å². The SMILES string of the molecule is C1=NC[N]CC1. The van der Waals surface area contributed by atoms with Gasteiger partial charge in [-0.15, -0.1) is 0 Å². The Morgan fingerprint density at radius 1 is 1.50 bits per heavy atom. The predicted molar refractivity (Wildman–Crippen MR) is 25.0 cm³/mol. The van der Waals surface area contributed by atoms with E-state index in [9.17, 15) is 0 Å². The predicted octanol–water partition coefficient (Wildman–Crippen LogP) is 0.0228. The molecule has 0 aromatic rings. The van der Waals surface area contributed by atoms with Crippen molar-refractivity contribution in [2.45, 2.75) is 6.42 Å². The lowest BCUT2D eigenvalue weighted by atomic mass is 10.4. The van der Waals surface area contributed by atoms with E-state index in [2.05, 4.69) is 10.3 Å². The zero-order valence-electron chi connectivity index (χ0n) is 3.59. The van der Waals surface area contributed by atoms with Gasteiger partial charge in [0.05, 0.1) is 0 Å². The van der Waals surface area contributed by atoms with Gasteiger partial charge in [0.25, 0.3) is 0 Å². The van der Waals surface area contributed by atoms with Gasteiger partial charge in [-0.25, -0.2) is 5.32 Å². The summed E-state index contributed by atoms with van der Waals surface area (Å²) in [5.41, 5.74) is 0. The number of hydrogen-bond donors (Lipinski definition) is 0. The van der Waals surface area contributed by atoms with Crippen molar-refractivity contribution in [1.29, 1.82) is 0 Å². The zero-order chi connectivity index (χ0) is 4.24. The molecule has 0 aromatic carbocycles. The maximum absolute atomic E-state index is 3.98. The van der Waals surface area contributed by atoms with Crippen molar-refractivity contribution in [1.82, 2.24) is 5.32 Å². The molecule has 6 heavy (non-hydrogen) atoms. The Morgan fingerprint density at radius 3 is 2.67 bits per heavy atom. The van der Waals surface area contributed by atoms with Crippen molar-refractivity contribution < 1.29 is 0 Å². The fourth-order valence-corrected chi connectivity index (χ4v) is 0.426. The summed E-state index contributed by atoms with van der Waals surface area (Å²) in [6, 6.07) is 0. The van der Waals surface area contributed by atoms with E-state index in [1.165, 1.54) is 0 Å². The minimum atomic E-state index is 0.694. The van der Waals surface area contributed by atoms with E-state index in [1.807, 2.05) is 6.21 Å². The van der Waals surface area contributed by atoms with Crippen LogP contribution in [0.15, 0.2) is 4.99 Å². The van der Waals surface area contributed by atoms with Gasteiger partial charge in [0, 0.05) is 12.8 Å². The second-order valence-corrected chi connectivity index (χ2v) is 1.24. The van der Waals surface area contributed by atoms with E-state index in [1.54, 1.807) is 0 Å². The Bertz CT molecular complexity index is 50.6. The van der Waals surface area contributed by atoms with Crippen LogP contribution in [-0.4, -0.2) is 19.4 Å². The van der Waals surface area contributed by atoms with Crippen molar-refractivity contribution in [2.75, 3.05) is 13.2 Å². The summed E-state index contributed by atoms with van der Waals surface area (Å²) in [6.45, 7) is 1.67. The van der Waals surface area contributed by atoms with Crippen molar-refractivity contribution in [3.05, 3.63) is 0 Å². The lowest BCUT2D eigenvalue weighted by Crippen LogP contribution is -2.11. The van der Waals surface area contributed by atoms with Gasteiger partial charge in [0.2, 0.25) is 0 Å². The maximum Gasteiger partial charge on any atom is 0.104 e. The summed E-state index contributed by atoms with van der Waals surface area (Å²) in [5, 5.41) is 3.98. The van der Waals surface area contributed by atoms with Gasteiger partial charge in [0.1, 0.15) is 6.67 Å². The van der Waals surface area contributed by atoms with Crippen LogP contribution in [0, 0.1) is 0 Å². The highest BCUT2D eigenvalue weighted by Gasteiger charge is 1.87. The molecule has 1 heterocycles. The van der Waals surface area contributed by atoms with Crippen molar-refractivity contribution in [2.24, 2.45) is 4.99 Å². The molecular formula is C4H7N2. The molecule has 0 atom stereocenters. The van der Waals surface area contributed by atoms with Gasteiger partial charge in [-0.1, -0.05) is 0 Å². The Hall–Kier alpha value is -0.370. The maximum atomic E-state index is 3.98. The molecule has 2 nitrogen and oxygen atoms in total. The molecule has 0 saturated carbocycles. The lowest BCUT2D eigenvalue weighted by molar-refractivity contribution is 0.684. The molecule has 0 bridgehead atoms. The van der Waals surface area contributed by atoms with E-state index in [0.717, 1.165) is 13.0 Å². The molecule has 33 valence electrons. The van der Waals surface area contributed by atoms with Crippen LogP contribution in [-0.2, 0) is 0 Å². The van der Waals surface area contributed by atoms with E-state index >= 15 is 0 Å². The van der Waals surface area contributed by atoms with E-state index in [0.29, 0.717) is 6.67 Å². The number of rotatable bonds is 0. The second kappa shape index (κ2) is 1.92. The molecule has 0 saturated heterocycles. The average Bonchev–Trinajstić information content (AvgIpc) is 1.72. The summed E-state index contributed by atoms with van der Waals surface area (Å²) in [4.78, 5) is 3.89. The zero-order valence-corrected chi connectivity index (χ0v) is 3.59. The van der Waals surface area contributed by atoms with Crippen LogP contribution >= 0.6 is 0 Å². The molecule has 1 aliphatic rings. The molecule has 0 aromatic heterocycles. The van der Waals surface area contributed by atoms with Crippen LogP contribution in [0.1, 0.15) is 6.42 Å². The standard InChI is InChI=1S/C4H7N2/c1-2-5-4-6-3-1/h2H,1,3-4H2. The Labute approximate surface area is 37.3 Å². The molecule has 0 amide bonds. The molecule has 2 heteroatoms. The average molecular weight is 83.1 g/mol. The Kier molecular flexibility index (Phi) is 1.22. The fraction of sp³-hybridized carbons (Fsp3) is 0.750. The molecule has 0 aliphatic carbocycles. The summed E-state index contributed by atoms with van der Waals surface area (Å²) in [7, 11) is 0. The number of aliphatic imine (C=N–C) groups is 1. The quantitative estimate of drug-likeness (QED) is 0.395. The highest BCUT2D eigenvalue weighted by molar-refractivity contribution is 5.57. The Morgan fingerprint density at radius 2 is 2.50 bits per heavy atom. The first-order valence-corrected chi connectivity index (χ1v) is 2.12. The van der Waals surface area contributed by atoms with Gasteiger partial charge in [-0.3, -0.25) is 4.99 Å².